The van der Waals surface area contributed by atoms with Gasteiger partial charge in [-0.25, -0.2) is 0 Å². The lowest BCUT2D eigenvalue weighted by molar-refractivity contribution is -0.119. The molecular formula is C16H24N2O2. The van der Waals surface area contributed by atoms with Gasteiger partial charge in [0, 0.05) is 17.6 Å². The van der Waals surface area contributed by atoms with E-state index < -0.39 is 0 Å². The summed E-state index contributed by atoms with van der Waals surface area (Å²) in [7, 11) is 0. The molecule has 0 aromatic heterocycles. The summed E-state index contributed by atoms with van der Waals surface area (Å²) in [5.74, 6) is 0.151. The number of amides is 1. The van der Waals surface area contributed by atoms with Crippen molar-refractivity contribution >= 4 is 11.6 Å². The van der Waals surface area contributed by atoms with Crippen LogP contribution in [0.15, 0.2) is 24.3 Å². The molecule has 0 saturated heterocycles. The van der Waals surface area contributed by atoms with E-state index in [0.717, 1.165) is 30.5 Å². The first-order chi connectivity index (χ1) is 9.54. The van der Waals surface area contributed by atoms with Crippen molar-refractivity contribution in [2.45, 2.75) is 51.9 Å². The fourth-order valence-corrected chi connectivity index (χ4v) is 2.45. The van der Waals surface area contributed by atoms with Crippen LogP contribution >= 0.6 is 0 Å². The summed E-state index contributed by atoms with van der Waals surface area (Å²) in [5.41, 5.74) is 7.79. The molecule has 1 aliphatic carbocycles. The van der Waals surface area contributed by atoms with Gasteiger partial charge in [-0.15, -0.1) is 0 Å². The molecule has 1 amide bonds. The number of nitrogens with two attached hydrogens (primary N) is 1. The number of rotatable bonds is 5. The maximum absolute atomic E-state index is 12.1. The van der Waals surface area contributed by atoms with Gasteiger partial charge in [-0.05, 0) is 50.8 Å². The number of nitrogens with one attached hydrogen (secondary N) is 1. The largest absolute Gasteiger partial charge is 0.374 e. The van der Waals surface area contributed by atoms with Gasteiger partial charge in [0.05, 0.1) is 12.7 Å². The van der Waals surface area contributed by atoms with Gasteiger partial charge in [0.15, 0.2) is 0 Å². The van der Waals surface area contributed by atoms with Crippen LogP contribution in [0.25, 0.3) is 0 Å². The average Bonchev–Trinajstić information content (AvgIpc) is 2.85. The summed E-state index contributed by atoms with van der Waals surface area (Å²) in [6.07, 6.45) is 2.86. The second-order valence-electron chi connectivity index (χ2n) is 5.82. The Kier molecular flexibility index (Phi) is 5.15. The van der Waals surface area contributed by atoms with Gasteiger partial charge < -0.3 is 15.8 Å². The van der Waals surface area contributed by atoms with Crippen molar-refractivity contribution in [3.8, 4) is 0 Å². The molecule has 2 rings (SSSR count). The second kappa shape index (κ2) is 6.86. The van der Waals surface area contributed by atoms with Crippen molar-refractivity contribution in [3.63, 3.8) is 0 Å². The van der Waals surface area contributed by atoms with E-state index >= 15 is 0 Å². The second-order valence-corrected chi connectivity index (χ2v) is 5.82. The molecule has 0 heterocycles. The number of benzene rings is 1. The van der Waals surface area contributed by atoms with Crippen LogP contribution in [0, 0.1) is 5.92 Å². The summed E-state index contributed by atoms with van der Waals surface area (Å²) in [6, 6.07) is 8.00. The van der Waals surface area contributed by atoms with Crippen LogP contribution in [0.4, 0.5) is 5.69 Å². The molecule has 1 saturated carbocycles. The lowest BCUT2D eigenvalue weighted by atomic mass is 10.1. The normalized spacial score (nSPS) is 22.2. The van der Waals surface area contributed by atoms with Crippen molar-refractivity contribution in [2.24, 2.45) is 11.7 Å². The molecule has 1 fully saturated rings. The minimum atomic E-state index is 0.0638. The van der Waals surface area contributed by atoms with Crippen LogP contribution in [0.3, 0.4) is 0 Å². The molecule has 0 aliphatic heterocycles. The van der Waals surface area contributed by atoms with Crippen molar-refractivity contribution in [1.29, 1.82) is 0 Å². The minimum Gasteiger partial charge on any atom is -0.374 e. The van der Waals surface area contributed by atoms with Crippen molar-refractivity contribution < 1.29 is 9.53 Å². The van der Waals surface area contributed by atoms with Crippen molar-refractivity contribution in [2.75, 3.05) is 5.32 Å². The Morgan fingerprint density at radius 3 is 2.60 bits per heavy atom. The number of hydrogen-bond acceptors (Lipinski definition) is 3. The van der Waals surface area contributed by atoms with E-state index in [-0.39, 0.29) is 24.0 Å². The highest BCUT2D eigenvalue weighted by atomic mass is 16.5. The number of carbonyl (C=O) groups excluding carboxylic acids is 1. The molecule has 110 valence electrons. The maximum atomic E-state index is 12.1. The average molecular weight is 276 g/mol. The fourth-order valence-electron chi connectivity index (χ4n) is 2.45. The Morgan fingerprint density at radius 1 is 1.35 bits per heavy atom. The molecule has 2 atom stereocenters. The van der Waals surface area contributed by atoms with E-state index in [4.69, 9.17) is 10.5 Å². The molecule has 4 heteroatoms. The Bertz CT molecular complexity index is 442. The van der Waals surface area contributed by atoms with E-state index in [2.05, 4.69) is 5.32 Å². The molecular weight excluding hydrogens is 252 g/mol. The predicted octanol–water partition coefficient (Wildman–Crippen LogP) is 2.68. The highest BCUT2D eigenvalue weighted by molar-refractivity contribution is 5.92. The van der Waals surface area contributed by atoms with E-state index in [0.29, 0.717) is 6.61 Å². The van der Waals surface area contributed by atoms with Crippen LogP contribution in [0.1, 0.15) is 38.7 Å². The molecule has 1 aromatic rings. The van der Waals surface area contributed by atoms with Gasteiger partial charge in [-0.1, -0.05) is 12.1 Å². The minimum absolute atomic E-state index is 0.0638. The van der Waals surface area contributed by atoms with Crippen LogP contribution in [-0.2, 0) is 16.1 Å². The van der Waals surface area contributed by atoms with Gasteiger partial charge in [-0.3, -0.25) is 4.79 Å². The number of carbonyl (C=O) groups is 1. The molecule has 20 heavy (non-hydrogen) atoms. The molecule has 3 N–H and O–H groups in total. The van der Waals surface area contributed by atoms with E-state index in [9.17, 15) is 4.79 Å². The van der Waals surface area contributed by atoms with Crippen LogP contribution in [0.2, 0.25) is 0 Å². The highest BCUT2D eigenvalue weighted by Gasteiger charge is 2.27. The summed E-state index contributed by atoms with van der Waals surface area (Å²) in [6.45, 7) is 4.63. The molecule has 2 unspecified atom stereocenters. The summed E-state index contributed by atoms with van der Waals surface area (Å²) < 4.78 is 5.54. The summed E-state index contributed by atoms with van der Waals surface area (Å²) in [4.78, 5) is 12.1. The van der Waals surface area contributed by atoms with Gasteiger partial charge in [0.1, 0.15) is 0 Å². The highest BCUT2D eigenvalue weighted by Crippen LogP contribution is 2.25. The standard InChI is InChI=1S/C16H24N2O2/c1-11(2)20-10-12-3-7-15(8-4-12)18-16(19)13-5-6-14(17)9-13/h3-4,7-8,11,13-14H,5-6,9-10,17H2,1-2H3,(H,18,19). The maximum Gasteiger partial charge on any atom is 0.227 e. The predicted molar refractivity (Wildman–Crippen MR) is 80.3 cm³/mol. The van der Waals surface area contributed by atoms with Crippen LogP contribution in [0.5, 0.6) is 0 Å². The third kappa shape index (κ3) is 4.32. The van der Waals surface area contributed by atoms with Crippen molar-refractivity contribution in [3.05, 3.63) is 29.8 Å². The van der Waals surface area contributed by atoms with Crippen molar-refractivity contribution in [1.82, 2.24) is 0 Å². The first-order valence-electron chi connectivity index (χ1n) is 7.31. The third-order valence-electron chi connectivity index (χ3n) is 3.65. The first-order valence-corrected chi connectivity index (χ1v) is 7.31. The van der Waals surface area contributed by atoms with E-state index in [1.165, 1.54) is 0 Å². The van der Waals surface area contributed by atoms with E-state index in [1.807, 2.05) is 38.1 Å². The molecule has 4 nitrogen and oxygen atoms in total. The first kappa shape index (κ1) is 15.0. The summed E-state index contributed by atoms with van der Waals surface area (Å²) in [5, 5.41) is 2.96. The zero-order valence-corrected chi connectivity index (χ0v) is 12.3. The van der Waals surface area contributed by atoms with Crippen LogP contribution < -0.4 is 11.1 Å². The summed E-state index contributed by atoms with van der Waals surface area (Å²) >= 11 is 0. The SMILES string of the molecule is CC(C)OCc1ccc(NC(=O)C2CCC(N)C2)cc1. The Balaban J connectivity index is 1.85. The quantitative estimate of drug-likeness (QED) is 0.869. The lowest BCUT2D eigenvalue weighted by Gasteiger charge is -2.12. The molecule has 1 aromatic carbocycles. The topological polar surface area (TPSA) is 64.3 Å². The van der Waals surface area contributed by atoms with Gasteiger partial charge in [0.25, 0.3) is 0 Å². The Hall–Kier alpha value is -1.39. The smallest absolute Gasteiger partial charge is 0.227 e. The zero-order valence-electron chi connectivity index (χ0n) is 12.3. The Morgan fingerprint density at radius 2 is 2.05 bits per heavy atom. The molecule has 0 bridgehead atoms. The van der Waals surface area contributed by atoms with Gasteiger partial charge in [0.2, 0.25) is 5.91 Å². The van der Waals surface area contributed by atoms with E-state index in [1.54, 1.807) is 0 Å². The Labute approximate surface area is 120 Å². The monoisotopic (exact) mass is 276 g/mol. The van der Waals surface area contributed by atoms with Gasteiger partial charge in [-0.2, -0.15) is 0 Å². The molecule has 0 spiro atoms. The van der Waals surface area contributed by atoms with Gasteiger partial charge >= 0.3 is 0 Å². The third-order valence-corrected chi connectivity index (χ3v) is 3.65. The van der Waals surface area contributed by atoms with Crippen LogP contribution in [-0.4, -0.2) is 18.1 Å². The number of ether oxygens (including phenoxy) is 1. The fraction of sp³-hybridized carbons (Fsp3) is 0.562. The number of anilines is 1. The lowest BCUT2D eigenvalue weighted by Crippen LogP contribution is -2.23. The number of hydrogen-bond donors (Lipinski definition) is 2. The molecule has 1 aliphatic rings. The zero-order chi connectivity index (χ0) is 14.5. The molecule has 0 radical (unpaired) electrons.